The summed E-state index contributed by atoms with van der Waals surface area (Å²) >= 11 is 0. The van der Waals surface area contributed by atoms with Gasteiger partial charge in [0.05, 0.1) is 7.11 Å². The van der Waals surface area contributed by atoms with Gasteiger partial charge < -0.3 is 4.74 Å². The monoisotopic (exact) mass is 296 g/mol. The van der Waals surface area contributed by atoms with Gasteiger partial charge in [0.25, 0.3) is 0 Å². The SMILES string of the molecule is CCCCCCC/C=C/c1cc(C)c2ccc(OC)cc2c1. The topological polar surface area (TPSA) is 9.23 Å². The number of fused-ring (bicyclic) bond motifs is 1. The Morgan fingerprint density at radius 1 is 1.00 bits per heavy atom. The number of ether oxygens (including phenoxy) is 1. The van der Waals surface area contributed by atoms with Crippen molar-refractivity contribution in [3.8, 4) is 5.75 Å². The average molecular weight is 296 g/mol. The van der Waals surface area contributed by atoms with E-state index in [-0.39, 0.29) is 0 Å². The van der Waals surface area contributed by atoms with E-state index in [9.17, 15) is 0 Å². The number of benzene rings is 2. The van der Waals surface area contributed by atoms with Gasteiger partial charge in [-0.1, -0.05) is 56.9 Å². The second-order valence-electron chi connectivity index (χ2n) is 6.03. The summed E-state index contributed by atoms with van der Waals surface area (Å²) in [6.07, 6.45) is 12.5. The molecular formula is C21H28O. The summed E-state index contributed by atoms with van der Waals surface area (Å²) < 4.78 is 5.33. The number of unbranched alkanes of at least 4 members (excludes halogenated alkanes) is 5. The summed E-state index contributed by atoms with van der Waals surface area (Å²) in [4.78, 5) is 0. The van der Waals surface area contributed by atoms with Gasteiger partial charge in [-0.3, -0.25) is 0 Å². The molecule has 0 aliphatic rings. The fourth-order valence-electron chi connectivity index (χ4n) is 2.88. The van der Waals surface area contributed by atoms with E-state index in [4.69, 9.17) is 4.74 Å². The van der Waals surface area contributed by atoms with Crippen LogP contribution in [0.1, 0.15) is 56.6 Å². The van der Waals surface area contributed by atoms with Crippen molar-refractivity contribution in [3.63, 3.8) is 0 Å². The molecule has 2 rings (SSSR count). The van der Waals surface area contributed by atoms with E-state index in [1.807, 2.05) is 6.07 Å². The standard InChI is InChI=1S/C21H28O/c1-4-5-6-7-8-9-10-11-18-14-17(2)21-13-12-20(22-3)16-19(21)15-18/h10-16H,4-9H2,1-3H3/b11-10+. The molecule has 0 saturated carbocycles. The molecule has 22 heavy (non-hydrogen) atoms. The molecule has 0 N–H and O–H groups in total. The van der Waals surface area contributed by atoms with Crippen LogP contribution in [0.15, 0.2) is 36.4 Å². The first-order valence-electron chi connectivity index (χ1n) is 8.49. The summed E-state index contributed by atoms with van der Waals surface area (Å²) in [6.45, 7) is 4.44. The van der Waals surface area contributed by atoms with E-state index >= 15 is 0 Å². The lowest BCUT2D eigenvalue weighted by Crippen LogP contribution is -1.85. The lowest BCUT2D eigenvalue weighted by Gasteiger charge is -2.07. The van der Waals surface area contributed by atoms with Gasteiger partial charge in [-0.05, 0) is 59.9 Å². The van der Waals surface area contributed by atoms with Crippen LogP contribution >= 0.6 is 0 Å². The molecule has 118 valence electrons. The van der Waals surface area contributed by atoms with Crippen LogP contribution in [-0.4, -0.2) is 7.11 Å². The van der Waals surface area contributed by atoms with Crippen LogP contribution in [0.5, 0.6) is 5.75 Å². The highest BCUT2D eigenvalue weighted by Gasteiger charge is 2.01. The van der Waals surface area contributed by atoms with E-state index < -0.39 is 0 Å². The molecule has 0 aliphatic heterocycles. The first-order chi connectivity index (χ1) is 10.7. The van der Waals surface area contributed by atoms with Gasteiger partial charge >= 0.3 is 0 Å². The normalized spacial score (nSPS) is 11.4. The highest BCUT2D eigenvalue weighted by Crippen LogP contribution is 2.25. The van der Waals surface area contributed by atoms with Crippen LogP contribution in [0.2, 0.25) is 0 Å². The molecule has 0 aliphatic carbocycles. The molecule has 0 amide bonds. The minimum atomic E-state index is 0.920. The lowest BCUT2D eigenvalue weighted by molar-refractivity contribution is 0.415. The second kappa shape index (κ2) is 8.63. The summed E-state index contributed by atoms with van der Waals surface area (Å²) in [7, 11) is 1.72. The second-order valence-corrected chi connectivity index (χ2v) is 6.03. The number of hydrogen-bond acceptors (Lipinski definition) is 1. The van der Waals surface area contributed by atoms with Gasteiger partial charge in [-0.15, -0.1) is 0 Å². The Kier molecular flexibility index (Phi) is 6.51. The van der Waals surface area contributed by atoms with Crippen molar-refractivity contribution in [2.45, 2.75) is 52.4 Å². The van der Waals surface area contributed by atoms with E-state index in [0.717, 1.165) is 5.75 Å². The Morgan fingerprint density at radius 2 is 1.82 bits per heavy atom. The first-order valence-corrected chi connectivity index (χ1v) is 8.49. The molecule has 0 fully saturated rings. The molecule has 1 nitrogen and oxygen atoms in total. The quantitative estimate of drug-likeness (QED) is 0.503. The molecule has 0 bridgehead atoms. The third kappa shape index (κ3) is 4.62. The minimum absolute atomic E-state index is 0.920. The van der Waals surface area contributed by atoms with Gasteiger partial charge in [0, 0.05) is 0 Å². The van der Waals surface area contributed by atoms with Gasteiger partial charge in [0.1, 0.15) is 5.75 Å². The average Bonchev–Trinajstić information content (AvgIpc) is 2.53. The molecule has 0 aromatic heterocycles. The van der Waals surface area contributed by atoms with Crippen LogP contribution in [0.4, 0.5) is 0 Å². The molecule has 0 saturated heterocycles. The summed E-state index contributed by atoms with van der Waals surface area (Å²) in [5.41, 5.74) is 2.61. The van der Waals surface area contributed by atoms with Crippen molar-refractivity contribution in [1.82, 2.24) is 0 Å². The Balaban J connectivity index is 2.02. The molecule has 0 atom stereocenters. The number of aryl methyl sites for hydroxylation is 1. The zero-order chi connectivity index (χ0) is 15.8. The Bertz CT molecular complexity index is 625. The van der Waals surface area contributed by atoms with Gasteiger partial charge in [-0.25, -0.2) is 0 Å². The van der Waals surface area contributed by atoms with Gasteiger partial charge in [-0.2, -0.15) is 0 Å². The van der Waals surface area contributed by atoms with E-state index in [2.05, 4.69) is 50.3 Å². The molecule has 0 unspecified atom stereocenters. The molecule has 0 radical (unpaired) electrons. The van der Waals surface area contributed by atoms with Crippen LogP contribution < -0.4 is 4.74 Å². The van der Waals surface area contributed by atoms with E-state index in [1.165, 1.54) is 60.4 Å². The zero-order valence-corrected chi connectivity index (χ0v) is 14.2. The number of rotatable bonds is 8. The highest BCUT2D eigenvalue weighted by atomic mass is 16.5. The molecule has 0 heterocycles. The van der Waals surface area contributed by atoms with Crippen molar-refractivity contribution in [3.05, 3.63) is 47.5 Å². The predicted octanol–water partition coefficient (Wildman–Crippen LogP) is 6.53. The smallest absolute Gasteiger partial charge is 0.119 e. The Morgan fingerprint density at radius 3 is 2.59 bits per heavy atom. The van der Waals surface area contributed by atoms with Crippen LogP contribution in [0.25, 0.3) is 16.8 Å². The molecule has 1 heteroatoms. The number of hydrogen-bond donors (Lipinski definition) is 0. The maximum Gasteiger partial charge on any atom is 0.119 e. The largest absolute Gasteiger partial charge is 0.497 e. The summed E-state index contributed by atoms with van der Waals surface area (Å²) in [5.74, 6) is 0.920. The molecular weight excluding hydrogens is 268 g/mol. The Labute approximate surface area is 135 Å². The van der Waals surface area contributed by atoms with Crippen molar-refractivity contribution in [2.24, 2.45) is 0 Å². The fourth-order valence-corrected chi connectivity index (χ4v) is 2.88. The lowest BCUT2D eigenvalue weighted by atomic mass is 10.0. The van der Waals surface area contributed by atoms with Crippen LogP contribution in [0, 0.1) is 6.92 Å². The van der Waals surface area contributed by atoms with Crippen molar-refractivity contribution in [1.29, 1.82) is 0 Å². The zero-order valence-electron chi connectivity index (χ0n) is 14.2. The highest BCUT2D eigenvalue weighted by molar-refractivity contribution is 5.89. The fraction of sp³-hybridized carbons (Fsp3) is 0.429. The molecule has 2 aromatic rings. The summed E-state index contributed by atoms with van der Waals surface area (Å²) in [5, 5.41) is 2.56. The van der Waals surface area contributed by atoms with E-state index in [0.29, 0.717) is 0 Å². The van der Waals surface area contributed by atoms with Crippen molar-refractivity contribution >= 4 is 16.8 Å². The summed E-state index contributed by atoms with van der Waals surface area (Å²) in [6, 6.07) is 10.8. The maximum absolute atomic E-state index is 5.33. The van der Waals surface area contributed by atoms with Gasteiger partial charge in [0.15, 0.2) is 0 Å². The van der Waals surface area contributed by atoms with Gasteiger partial charge in [0.2, 0.25) is 0 Å². The van der Waals surface area contributed by atoms with Crippen molar-refractivity contribution in [2.75, 3.05) is 7.11 Å². The van der Waals surface area contributed by atoms with E-state index in [1.54, 1.807) is 7.11 Å². The van der Waals surface area contributed by atoms with Crippen LogP contribution in [-0.2, 0) is 0 Å². The third-order valence-corrected chi connectivity index (χ3v) is 4.17. The predicted molar refractivity (Wildman–Crippen MR) is 97.6 cm³/mol. The van der Waals surface area contributed by atoms with Crippen molar-refractivity contribution < 1.29 is 4.74 Å². The van der Waals surface area contributed by atoms with Crippen LogP contribution in [0.3, 0.4) is 0 Å². The molecule has 0 spiro atoms. The first kappa shape index (κ1) is 16.6. The third-order valence-electron chi connectivity index (χ3n) is 4.17. The molecule has 2 aromatic carbocycles. The number of allylic oxidation sites excluding steroid dienone is 1. The maximum atomic E-state index is 5.33. The number of methoxy groups -OCH3 is 1. The minimum Gasteiger partial charge on any atom is -0.497 e. The Hall–Kier alpha value is -1.76.